The van der Waals surface area contributed by atoms with Crippen molar-refractivity contribution in [2.75, 3.05) is 5.32 Å². The van der Waals surface area contributed by atoms with E-state index in [-0.39, 0.29) is 0 Å². The van der Waals surface area contributed by atoms with Crippen LogP contribution in [0.25, 0.3) is 10.9 Å². The van der Waals surface area contributed by atoms with Gasteiger partial charge in [-0.15, -0.1) is 0 Å². The molecule has 0 aliphatic rings. The first kappa shape index (κ1) is 13.4. The highest BCUT2D eigenvalue weighted by atomic mass is 35.5. The lowest BCUT2D eigenvalue weighted by Crippen LogP contribution is -1.98. The number of benzene rings is 2. The van der Waals surface area contributed by atoms with Crippen molar-refractivity contribution in [1.29, 1.82) is 5.26 Å². The van der Waals surface area contributed by atoms with Gasteiger partial charge in [0.2, 0.25) is 0 Å². The van der Waals surface area contributed by atoms with Crippen LogP contribution in [0.3, 0.4) is 0 Å². The predicted molar refractivity (Wildman–Crippen MR) is 85.9 cm³/mol. The number of aromatic nitrogens is 1. The minimum Gasteiger partial charge on any atom is -0.338 e. The van der Waals surface area contributed by atoms with Gasteiger partial charge in [0.1, 0.15) is 11.9 Å². The zero-order valence-corrected chi connectivity index (χ0v) is 12.1. The molecule has 0 atom stereocenters. The number of aryl methyl sites for hydroxylation is 1. The highest BCUT2D eigenvalue weighted by Gasteiger charge is 2.09. The van der Waals surface area contributed by atoms with E-state index in [0.29, 0.717) is 16.4 Å². The van der Waals surface area contributed by atoms with Crippen LogP contribution in [0.5, 0.6) is 0 Å². The van der Waals surface area contributed by atoms with E-state index >= 15 is 0 Å². The fourth-order valence-corrected chi connectivity index (χ4v) is 2.32. The molecule has 1 aromatic heterocycles. The molecule has 0 bridgehead atoms. The van der Waals surface area contributed by atoms with Gasteiger partial charge in [-0.05, 0) is 36.8 Å². The summed E-state index contributed by atoms with van der Waals surface area (Å²) in [6.07, 6.45) is 0. The van der Waals surface area contributed by atoms with E-state index in [0.717, 1.165) is 22.2 Å². The quantitative estimate of drug-likeness (QED) is 0.737. The molecule has 0 aliphatic carbocycles. The molecule has 3 rings (SSSR count). The molecule has 0 saturated carbocycles. The second-order valence-electron chi connectivity index (χ2n) is 4.80. The standard InChI is InChI=1S/C17H12ClN3/c1-11-6-7-14(18)16(8-11)21-17-13(10-19)9-12-4-2-3-5-15(12)20-17/h2-9H,1H3,(H,20,21). The van der Waals surface area contributed by atoms with E-state index in [4.69, 9.17) is 11.6 Å². The van der Waals surface area contributed by atoms with Gasteiger partial charge in [0, 0.05) is 5.39 Å². The van der Waals surface area contributed by atoms with E-state index in [1.807, 2.05) is 55.5 Å². The molecule has 3 nitrogen and oxygen atoms in total. The molecule has 0 radical (unpaired) electrons. The number of rotatable bonds is 2. The molecule has 1 N–H and O–H groups in total. The summed E-state index contributed by atoms with van der Waals surface area (Å²) in [7, 11) is 0. The number of hydrogen-bond acceptors (Lipinski definition) is 3. The zero-order valence-electron chi connectivity index (χ0n) is 11.4. The van der Waals surface area contributed by atoms with Crippen LogP contribution < -0.4 is 5.32 Å². The number of nitriles is 1. The van der Waals surface area contributed by atoms with Gasteiger partial charge in [0.05, 0.1) is 21.8 Å². The summed E-state index contributed by atoms with van der Waals surface area (Å²) in [5.74, 6) is 0.517. The Kier molecular flexibility index (Phi) is 3.47. The maximum atomic E-state index is 9.32. The van der Waals surface area contributed by atoms with Crippen LogP contribution in [0.4, 0.5) is 11.5 Å². The van der Waals surface area contributed by atoms with Gasteiger partial charge in [-0.3, -0.25) is 0 Å². The Bertz CT molecular complexity index is 866. The Morgan fingerprint density at radius 2 is 1.95 bits per heavy atom. The summed E-state index contributed by atoms with van der Waals surface area (Å²) in [6.45, 7) is 1.99. The maximum absolute atomic E-state index is 9.32. The van der Waals surface area contributed by atoms with Crippen molar-refractivity contribution < 1.29 is 0 Å². The highest BCUT2D eigenvalue weighted by molar-refractivity contribution is 6.33. The van der Waals surface area contributed by atoms with Crippen molar-refractivity contribution in [3.8, 4) is 6.07 Å². The van der Waals surface area contributed by atoms with Crippen molar-refractivity contribution in [2.45, 2.75) is 6.92 Å². The normalized spacial score (nSPS) is 10.3. The van der Waals surface area contributed by atoms with Crippen LogP contribution in [0.1, 0.15) is 11.1 Å². The fraction of sp³-hybridized carbons (Fsp3) is 0.0588. The molecule has 0 amide bonds. The van der Waals surface area contributed by atoms with Gasteiger partial charge in [-0.2, -0.15) is 5.26 Å². The molecule has 3 aromatic rings. The summed E-state index contributed by atoms with van der Waals surface area (Å²) in [4.78, 5) is 4.52. The Balaban J connectivity index is 2.11. The van der Waals surface area contributed by atoms with Crippen molar-refractivity contribution in [1.82, 2.24) is 4.98 Å². The summed E-state index contributed by atoms with van der Waals surface area (Å²) in [5, 5.41) is 14.0. The lowest BCUT2D eigenvalue weighted by molar-refractivity contribution is 1.33. The minimum atomic E-state index is 0.492. The van der Waals surface area contributed by atoms with Crippen LogP contribution in [0.15, 0.2) is 48.5 Å². The second kappa shape index (κ2) is 5.43. The summed E-state index contributed by atoms with van der Waals surface area (Å²) < 4.78 is 0. The number of hydrogen-bond donors (Lipinski definition) is 1. The van der Waals surface area contributed by atoms with E-state index in [1.54, 1.807) is 0 Å². The van der Waals surface area contributed by atoms with Gasteiger partial charge in [-0.25, -0.2) is 4.98 Å². The Hall–Kier alpha value is -2.57. The SMILES string of the molecule is Cc1ccc(Cl)c(Nc2nc3ccccc3cc2C#N)c1. The third-order valence-electron chi connectivity index (χ3n) is 3.22. The Morgan fingerprint density at radius 1 is 1.14 bits per heavy atom. The van der Waals surface area contributed by atoms with Gasteiger partial charge in [0.15, 0.2) is 0 Å². The maximum Gasteiger partial charge on any atom is 0.149 e. The topological polar surface area (TPSA) is 48.7 Å². The molecule has 1 heterocycles. The number of pyridine rings is 1. The van der Waals surface area contributed by atoms with Crippen LogP contribution in [-0.2, 0) is 0 Å². The lowest BCUT2D eigenvalue weighted by Gasteiger charge is -2.11. The lowest BCUT2D eigenvalue weighted by atomic mass is 10.1. The third-order valence-corrected chi connectivity index (χ3v) is 3.55. The minimum absolute atomic E-state index is 0.492. The van der Waals surface area contributed by atoms with Crippen molar-refractivity contribution in [2.24, 2.45) is 0 Å². The Labute approximate surface area is 127 Å². The fourth-order valence-electron chi connectivity index (χ4n) is 2.16. The molecule has 0 aliphatic heterocycles. The number of fused-ring (bicyclic) bond motifs is 1. The molecule has 102 valence electrons. The first-order valence-electron chi connectivity index (χ1n) is 6.50. The molecule has 4 heteroatoms. The molecule has 21 heavy (non-hydrogen) atoms. The van der Waals surface area contributed by atoms with E-state index in [1.165, 1.54) is 0 Å². The second-order valence-corrected chi connectivity index (χ2v) is 5.20. The average Bonchev–Trinajstić information content (AvgIpc) is 2.50. The van der Waals surface area contributed by atoms with Crippen molar-refractivity contribution in [3.63, 3.8) is 0 Å². The largest absolute Gasteiger partial charge is 0.338 e. The van der Waals surface area contributed by atoms with Gasteiger partial charge in [-0.1, -0.05) is 35.9 Å². The summed E-state index contributed by atoms with van der Waals surface area (Å²) in [6, 6.07) is 17.4. The van der Waals surface area contributed by atoms with Gasteiger partial charge < -0.3 is 5.32 Å². The summed E-state index contributed by atoms with van der Waals surface area (Å²) in [5.41, 5.74) is 3.16. The monoisotopic (exact) mass is 293 g/mol. The molecular formula is C17H12ClN3. The Morgan fingerprint density at radius 3 is 2.76 bits per heavy atom. The average molecular weight is 294 g/mol. The first-order valence-corrected chi connectivity index (χ1v) is 6.88. The number of anilines is 2. The molecule has 0 saturated heterocycles. The van der Waals surface area contributed by atoms with Crippen molar-refractivity contribution in [3.05, 3.63) is 64.7 Å². The molecule has 0 fully saturated rings. The van der Waals surface area contributed by atoms with Crippen LogP contribution in [-0.4, -0.2) is 4.98 Å². The molecule has 0 spiro atoms. The highest BCUT2D eigenvalue weighted by Crippen LogP contribution is 2.28. The van der Waals surface area contributed by atoms with E-state index in [2.05, 4.69) is 16.4 Å². The van der Waals surface area contributed by atoms with E-state index in [9.17, 15) is 5.26 Å². The summed E-state index contributed by atoms with van der Waals surface area (Å²) >= 11 is 6.19. The molecule has 2 aromatic carbocycles. The van der Waals surface area contributed by atoms with Crippen LogP contribution in [0.2, 0.25) is 5.02 Å². The number of nitrogens with one attached hydrogen (secondary N) is 1. The van der Waals surface area contributed by atoms with E-state index < -0.39 is 0 Å². The number of para-hydroxylation sites is 1. The predicted octanol–water partition coefficient (Wildman–Crippen LogP) is 4.81. The van der Waals surface area contributed by atoms with Crippen LogP contribution in [0, 0.1) is 18.3 Å². The number of nitrogens with zero attached hydrogens (tertiary/aromatic N) is 2. The zero-order chi connectivity index (χ0) is 14.8. The van der Waals surface area contributed by atoms with Gasteiger partial charge in [0.25, 0.3) is 0 Å². The molecular weight excluding hydrogens is 282 g/mol. The van der Waals surface area contributed by atoms with Crippen LogP contribution >= 0.6 is 11.6 Å². The van der Waals surface area contributed by atoms with Gasteiger partial charge >= 0.3 is 0 Å². The van der Waals surface area contributed by atoms with Crippen molar-refractivity contribution >= 4 is 34.0 Å². The number of halogens is 1. The first-order chi connectivity index (χ1) is 10.2. The smallest absolute Gasteiger partial charge is 0.149 e. The third kappa shape index (κ3) is 2.67. The molecule has 0 unspecified atom stereocenters.